The lowest BCUT2D eigenvalue weighted by molar-refractivity contribution is 0.0209. The molecule has 3 N–H and O–H groups in total. The second kappa shape index (κ2) is 14.4. The van der Waals surface area contributed by atoms with Gasteiger partial charge < -0.3 is 14.2 Å². The van der Waals surface area contributed by atoms with E-state index in [9.17, 15) is 0 Å². The topological polar surface area (TPSA) is 65.7 Å². The highest BCUT2D eigenvalue weighted by Gasteiger charge is 1.90. The molecule has 0 aromatic heterocycles. The molecule has 94 valence electrons. The first-order chi connectivity index (χ1) is 7.91. The third-order valence-electron chi connectivity index (χ3n) is 1.61. The molecule has 0 spiro atoms. The van der Waals surface area contributed by atoms with E-state index >= 15 is 0 Å². The molecule has 0 radical (unpaired) electrons. The summed E-state index contributed by atoms with van der Waals surface area (Å²) in [6.07, 6.45) is 0.870. The van der Waals surface area contributed by atoms with Gasteiger partial charge in [-0.3, -0.25) is 11.3 Å². The molecule has 0 aromatic rings. The smallest absolute Gasteiger partial charge is 0.107 e. The standard InChI is InChI=1S/C11H22N2O3/c1-2-3-4-6-14-8-10-16-11-9-15-7-5-13-12/h13H,2,5-12H2,1H3. The van der Waals surface area contributed by atoms with E-state index in [0.717, 1.165) is 6.42 Å². The van der Waals surface area contributed by atoms with Crippen LogP contribution >= 0.6 is 0 Å². The lowest BCUT2D eigenvalue weighted by atomic mass is 10.5. The summed E-state index contributed by atoms with van der Waals surface area (Å²) in [4.78, 5) is 0. The monoisotopic (exact) mass is 230 g/mol. The quantitative estimate of drug-likeness (QED) is 0.238. The van der Waals surface area contributed by atoms with Gasteiger partial charge in [0.1, 0.15) is 6.61 Å². The van der Waals surface area contributed by atoms with Gasteiger partial charge in [-0.2, -0.15) is 0 Å². The Kier molecular flexibility index (Phi) is 13.8. The average Bonchev–Trinajstić information content (AvgIpc) is 2.31. The first kappa shape index (κ1) is 15.4. The normalized spacial score (nSPS) is 9.88. The van der Waals surface area contributed by atoms with Gasteiger partial charge >= 0.3 is 0 Å². The lowest BCUT2D eigenvalue weighted by Crippen LogP contribution is -2.26. The molecule has 5 nitrogen and oxygen atoms in total. The summed E-state index contributed by atoms with van der Waals surface area (Å²) >= 11 is 0. The van der Waals surface area contributed by atoms with Crippen LogP contribution in [-0.2, 0) is 14.2 Å². The highest BCUT2D eigenvalue weighted by molar-refractivity contribution is 4.97. The van der Waals surface area contributed by atoms with Gasteiger partial charge in [-0.15, -0.1) is 5.92 Å². The zero-order valence-electron chi connectivity index (χ0n) is 9.96. The molecule has 0 unspecified atom stereocenters. The van der Waals surface area contributed by atoms with E-state index in [1.54, 1.807) is 0 Å². The Hall–Kier alpha value is -0.640. The molecule has 0 bridgehead atoms. The van der Waals surface area contributed by atoms with Crippen LogP contribution in [-0.4, -0.2) is 46.2 Å². The maximum Gasteiger partial charge on any atom is 0.107 e. The van der Waals surface area contributed by atoms with Crippen LogP contribution in [0.4, 0.5) is 0 Å². The molecule has 0 heterocycles. The van der Waals surface area contributed by atoms with Crippen molar-refractivity contribution in [3.63, 3.8) is 0 Å². The van der Waals surface area contributed by atoms with Crippen LogP contribution in [0.5, 0.6) is 0 Å². The lowest BCUT2D eigenvalue weighted by Gasteiger charge is -2.05. The number of rotatable bonds is 10. The SMILES string of the molecule is CCC#CCOCCOCCOCCNN. The Bertz CT molecular complexity index is 189. The molecule has 0 aliphatic carbocycles. The highest BCUT2D eigenvalue weighted by atomic mass is 16.5. The van der Waals surface area contributed by atoms with E-state index in [1.165, 1.54) is 0 Å². The Morgan fingerprint density at radius 3 is 2.19 bits per heavy atom. The summed E-state index contributed by atoms with van der Waals surface area (Å²) in [6, 6.07) is 0. The maximum atomic E-state index is 5.27. The minimum Gasteiger partial charge on any atom is -0.378 e. The van der Waals surface area contributed by atoms with E-state index < -0.39 is 0 Å². The number of hydrogen-bond acceptors (Lipinski definition) is 5. The van der Waals surface area contributed by atoms with Crippen molar-refractivity contribution >= 4 is 0 Å². The van der Waals surface area contributed by atoms with E-state index in [-0.39, 0.29) is 0 Å². The third kappa shape index (κ3) is 13.4. The van der Waals surface area contributed by atoms with E-state index in [2.05, 4.69) is 17.3 Å². The van der Waals surface area contributed by atoms with Crippen molar-refractivity contribution < 1.29 is 14.2 Å². The van der Waals surface area contributed by atoms with Gasteiger partial charge in [0.05, 0.1) is 33.0 Å². The molecule has 0 atom stereocenters. The fourth-order valence-corrected chi connectivity index (χ4v) is 0.870. The molecule has 0 aliphatic rings. The molecule has 0 fully saturated rings. The number of nitrogens with one attached hydrogen (secondary N) is 1. The maximum absolute atomic E-state index is 5.27. The van der Waals surface area contributed by atoms with Crippen molar-refractivity contribution in [2.24, 2.45) is 5.84 Å². The summed E-state index contributed by atoms with van der Waals surface area (Å²) in [7, 11) is 0. The zero-order valence-corrected chi connectivity index (χ0v) is 9.96. The Labute approximate surface area is 97.6 Å². The minimum absolute atomic E-state index is 0.482. The summed E-state index contributed by atoms with van der Waals surface area (Å²) < 4.78 is 15.7. The molecular weight excluding hydrogens is 208 g/mol. The number of hydrazine groups is 1. The van der Waals surface area contributed by atoms with Crippen LogP contribution in [0.3, 0.4) is 0 Å². The largest absolute Gasteiger partial charge is 0.378 e. The zero-order chi connectivity index (χ0) is 11.9. The molecule has 0 aromatic carbocycles. The van der Waals surface area contributed by atoms with Crippen molar-refractivity contribution in [2.45, 2.75) is 13.3 Å². The predicted molar refractivity (Wildman–Crippen MR) is 62.7 cm³/mol. The molecule has 5 heteroatoms. The van der Waals surface area contributed by atoms with E-state index in [4.69, 9.17) is 20.1 Å². The second-order valence-corrected chi connectivity index (χ2v) is 2.94. The van der Waals surface area contributed by atoms with Crippen molar-refractivity contribution in [2.75, 3.05) is 46.2 Å². The molecular formula is C11H22N2O3. The summed E-state index contributed by atoms with van der Waals surface area (Å²) in [5, 5.41) is 0. The van der Waals surface area contributed by atoms with Gasteiger partial charge in [0.25, 0.3) is 0 Å². The number of hydrogen-bond donors (Lipinski definition) is 2. The number of ether oxygens (including phenoxy) is 3. The minimum atomic E-state index is 0.482. The summed E-state index contributed by atoms with van der Waals surface area (Å²) in [6.45, 7) is 6.05. The Morgan fingerprint density at radius 1 is 0.938 bits per heavy atom. The van der Waals surface area contributed by atoms with Gasteiger partial charge in [-0.25, -0.2) is 0 Å². The third-order valence-corrected chi connectivity index (χ3v) is 1.61. The first-order valence-electron chi connectivity index (χ1n) is 5.54. The molecule has 0 saturated heterocycles. The molecule has 16 heavy (non-hydrogen) atoms. The molecule has 0 aliphatic heterocycles. The Morgan fingerprint density at radius 2 is 1.56 bits per heavy atom. The average molecular weight is 230 g/mol. The van der Waals surface area contributed by atoms with Gasteiger partial charge in [-0.05, 0) is 0 Å². The van der Waals surface area contributed by atoms with E-state index in [1.807, 2.05) is 6.92 Å². The summed E-state index contributed by atoms with van der Waals surface area (Å²) in [5.74, 6) is 10.9. The van der Waals surface area contributed by atoms with Gasteiger partial charge in [0.2, 0.25) is 0 Å². The number of nitrogens with two attached hydrogens (primary N) is 1. The van der Waals surface area contributed by atoms with Crippen LogP contribution in [0.25, 0.3) is 0 Å². The highest BCUT2D eigenvalue weighted by Crippen LogP contribution is 1.80. The first-order valence-corrected chi connectivity index (χ1v) is 5.54. The molecule has 0 amide bonds. The van der Waals surface area contributed by atoms with Crippen LogP contribution in [0.1, 0.15) is 13.3 Å². The predicted octanol–water partition coefficient (Wildman–Crippen LogP) is -0.0871. The fourth-order valence-electron chi connectivity index (χ4n) is 0.870. The van der Waals surface area contributed by atoms with Gasteiger partial charge in [0.15, 0.2) is 0 Å². The van der Waals surface area contributed by atoms with E-state index in [0.29, 0.717) is 46.2 Å². The van der Waals surface area contributed by atoms with Crippen LogP contribution in [0.2, 0.25) is 0 Å². The van der Waals surface area contributed by atoms with Crippen molar-refractivity contribution in [3.05, 3.63) is 0 Å². The van der Waals surface area contributed by atoms with Crippen molar-refractivity contribution in [1.29, 1.82) is 0 Å². The second-order valence-electron chi connectivity index (χ2n) is 2.94. The van der Waals surface area contributed by atoms with Gasteiger partial charge in [0, 0.05) is 13.0 Å². The Balaban J connectivity index is 2.93. The van der Waals surface area contributed by atoms with Crippen LogP contribution in [0, 0.1) is 11.8 Å². The fraction of sp³-hybridized carbons (Fsp3) is 0.818. The van der Waals surface area contributed by atoms with Crippen molar-refractivity contribution in [3.8, 4) is 11.8 Å². The molecule has 0 rings (SSSR count). The van der Waals surface area contributed by atoms with Crippen molar-refractivity contribution in [1.82, 2.24) is 5.43 Å². The summed E-state index contributed by atoms with van der Waals surface area (Å²) in [5.41, 5.74) is 2.50. The van der Waals surface area contributed by atoms with Crippen LogP contribution in [0.15, 0.2) is 0 Å². The van der Waals surface area contributed by atoms with Crippen LogP contribution < -0.4 is 11.3 Å². The van der Waals surface area contributed by atoms with Gasteiger partial charge in [-0.1, -0.05) is 12.8 Å². The molecule has 0 saturated carbocycles.